The molecule has 4 nitrogen and oxygen atoms in total. The summed E-state index contributed by atoms with van der Waals surface area (Å²) in [6.45, 7) is 5.31. The second kappa shape index (κ2) is 6.43. The van der Waals surface area contributed by atoms with Gasteiger partial charge < -0.3 is 15.0 Å². The van der Waals surface area contributed by atoms with Crippen molar-refractivity contribution in [3.05, 3.63) is 29.6 Å². The van der Waals surface area contributed by atoms with Crippen molar-refractivity contribution < 1.29 is 13.9 Å². The highest BCUT2D eigenvalue weighted by atomic mass is 19.1. The fourth-order valence-corrected chi connectivity index (χ4v) is 2.87. The van der Waals surface area contributed by atoms with Crippen molar-refractivity contribution in [2.45, 2.75) is 32.4 Å². The standard InChI is InChI=1S/C16H23FN2O2/c1-10-9-19(3)11(2)7-14(10)18-15-8-12(17)5-6-13(15)16(20)21-4/h5-6,8,10-11,14,18H,7,9H2,1-4H3. The Balaban J connectivity index is 2.22. The number of carbonyl (C=O) groups is 1. The van der Waals surface area contributed by atoms with Gasteiger partial charge in [0.1, 0.15) is 5.82 Å². The molecule has 5 heteroatoms. The second-order valence-corrected chi connectivity index (χ2v) is 5.93. The summed E-state index contributed by atoms with van der Waals surface area (Å²) >= 11 is 0. The van der Waals surface area contributed by atoms with Gasteiger partial charge in [-0.2, -0.15) is 0 Å². The molecular weight excluding hydrogens is 271 g/mol. The molecule has 0 bridgehead atoms. The lowest BCUT2D eigenvalue weighted by Crippen LogP contribution is -2.48. The Bertz CT molecular complexity index is 521. The number of esters is 1. The summed E-state index contributed by atoms with van der Waals surface area (Å²) in [7, 11) is 3.44. The molecule has 21 heavy (non-hydrogen) atoms. The minimum Gasteiger partial charge on any atom is -0.465 e. The molecule has 1 saturated heterocycles. The summed E-state index contributed by atoms with van der Waals surface area (Å²) in [5.74, 6) is -0.398. The fourth-order valence-electron chi connectivity index (χ4n) is 2.87. The number of hydrogen-bond donors (Lipinski definition) is 1. The van der Waals surface area contributed by atoms with Gasteiger partial charge in [-0.25, -0.2) is 9.18 Å². The number of carbonyl (C=O) groups excluding carboxylic acids is 1. The van der Waals surface area contributed by atoms with Crippen LogP contribution in [0.2, 0.25) is 0 Å². The van der Waals surface area contributed by atoms with E-state index in [0.717, 1.165) is 13.0 Å². The van der Waals surface area contributed by atoms with Crippen molar-refractivity contribution in [1.29, 1.82) is 0 Å². The summed E-state index contributed by atoms with van der Waals surface area (Å²) in [5, 5.41) is 3.34. The SMILES string of the molecule is COC(=O)c1ccc(F)cc1NC1CC(C)N(C)CC1C. The zero-order chi connectivity index (χ0) is 15.6. The van der Waals surface area contributed by atoms with Crippen LogP contribution in [-0.4, -0.2) is 43.7 Å². The van der Waals surface area contributed by atoms with E-state index in [1.165, 1.54) is 25.3 Å². The highest BCUT2D eigenvalue weighted by molar-refractivity contribution is 5.95. The van der Waals surface area contributed by atoms with Crippen LogP contribution in [0.25, 0.3) is 0 Å². The van der Waals surface area contributed by atoms with E-state index >= 15 is 0 Å². The molecule has 0 radical (unpaired) electrons. The van der Waals surface area contributed by atoms with E-state index in [2.05, 4.69) is 31.1 Å². The number of methoxy groups -OCH3 is 1. The molecule has 0 saturated carbocycles. The van der Waals surface area contributed by atoms with E-state index in [1.54, 1.807) is 0 Å². The van der Waals surface area contributed by atoms with E-state index in [0.29, 0.717) is 23.2 Å². The number of hydrogen-bond acceptors (Lipinski definition) is 4. The minimum atomic E-state index is -0.453. The van der Waals surface area contributed by atoms with Gasteiger partial charge in [-0.15, -0.1) is 0 Å². The van der Waals surface area contributed by atoms with Gasteiger partial charge in [0.2, 0.25) is 0 Å². The third-order valence-corrected chi connectivity index (χ3v) is 4.34. The highest BCUT2D eigenvalue weighted by Crippen LogP contribution is 2.26. The largest absolute Gasteiger partial charge is 0.465 e. The normalized spacial score (nSPS) is 26.4. The summed E-state index contributed by atoms with van der Waals surface area (Å²) in [4.78, 5) is 14.1. The van der Waals surface area contributed by atoms with Gasteiger partial charge in [0.15, 0.2) is 0 Å². The summed E-state index contributed by atoms with van der Waals surface area (Å²) in [6.07, 6.45) is 0.953. The number of rotatable bonds is 3. The topological polar surface area (TPSA) is 41.6 Å². The van der Waals surface area contributed by atoms with E-state index in [-0.39, 0.29) is 11.9 Å². The van der Waals surface area contributed by atoms with Gasteiger partial charge in [-0.3, -0.25) is 0 Å². The number of benzene rings is 1. The number of ether oxygens (including phenoxy) is 1. The molecule has 0 aliphatic carbocycles. The molecule has 1 aliphatic rings. The molecule has 0 aromatic heterocycles. The van der Waals surface area contributed by atoms with Crippen molar-refractivity contribution in [3.63, 3.8) is 0 Å². The van der Waals surface area contributed by atoms with E-state index in [1.807, 2.05) is 0 Å². The number of piperidine rings is 1. The molecule has 1 aromatic rings. The Labute approximate surface area is 125 Å². The van der Waals surface area contributed by atoms with Gasteiger partial charge in [0.05, 0.1) is 18.4 Å². The lowest BCUT2D eigenvalue weighted by molar-refractivity contribution is 0.0601. The van der Waals surface area contributed by atoms with Crippen LogP contribution in [0.15, 0.2) is 18.2 Å². The zero-order valence-electron chi connectivity index (χ0n) is 13.0. The van der Waals surface area contributed by atoms with Crippen LogP contribution in [0.1, 0.15) is 30.6 Å². The van der Waals surface area contributed by atoms with Gasteiger partial charge >= 0.3 is 5.97 Å². The summed E-state index contributed by atoms with van der Waals surface area (Å²) in [6, 6.07) is 4.77. The number of nitrogens with zero attached hydrogens (tertiary/aromatic N) is 1. The Kier molecular flexibility index (Phi) is 4.83. The predicted octanol–water partition coefficient (Wildman–Crippen LogP) is 2.75. The molecule has 3 atom stereocenters. The van der Waals surface area contributed by atoms with Gasteiger partial charge in [-0.05, 0) is 44.5 Å². The number of likely N-dealkylation sites (tertiary alicyclic amines) is 1. The third kappa shape index (κ3) is 3.53. The lowest BCUT2D eigenvalue weighted by Gasteiger charge is -2.40. The van der Waals surface area contributed by atoms with Crippen LogP contribution in [0.5, 0.6) is 0 Å². The van der Waals surface area contributed by atoms with Crippen molar-refractivity contribution in [2.24, 2.45) is 5.92 Å². The number of anilines is 1. The molecule has 3 unspecified atom stereocenters. The fraction of sp³-hybridized carbons (Fsp3) is 0.562. The molecule has 0 amide bonds. The molecule has 1 fully saturated rings. The van der Waals surface area contributed by atoms with Crippen LogP contribution < -0.4 is 5.32 Å². The first kappa shape index (κ1) is 15.8. The Morgan fingerprint density at radius 1 is 1.43 bits per heavy atom. The summed E-state index contributed by atoms with van der Waals surface area (Å²) < 4.78 is 18.3. The average Bonchev–Trinajstić information content (AvgIpc) is 2.44. The molecular formula is C16H23FN2O2. The highest BCUT2D eigenvalue weighted by Gasteiger charge is 2.29. The maximum absolute atomic E-state index is 13.5. The van der Waals surface area contributed by atoms with Gasteiger partial charge in [-0.1, -0.05) is 6.92 Å². The molecule has 1 heterocycles. The molecule has 1 aromatic carbocycles. The zero-order valence-corrected chi connectivity index (χ0v) is 13.0. The smallest absolute Gasteiger partial charge is 0.339 e. The minimum absolute atomic E-state index is 0.210. The Hall–Kier alpha value is -1.62. The molecule has 1 aliphatic heterocycles. The Morgan fingerprint density at radius 3 is 2.81 bits per heavy atom. The van der Waals surface area contributed by atoms with Crippen LogP contribution in [0.3, 0.4) is 0 Å². The van der Waals surface area contributed by atoms with Crippen LogP contribution in [-0.2, 0) is 4.74 Å². The molecule has 0 spiro atoms. The first-order chi connectivity index (χ1) is 9.92. The molecule has 116 valence electrons. The van der Waals surface area contributed by atoms with Gasteiger partial charge in [0, 0.05) is 18.6 Å². The first-order valence-electron chi connectivity index (χ1n) is 7.27. The maximum Gasteiger partial charge on any atom is 0.339 e. The molecule has 2 rings (SSSR count). The van der Waals surface area contributed by atoms with Crippen molar-refractivity contribution in [2.75, 3.05) is 26.0 Å². The van der Waals surface area contributed by atoms with E-state index in [4.69, 9.17) is 4.74 Å². The average molecular weight is 294 g/mol. The number of halogens is 1. The van der Waals surface area contributed by atoms with Crippen LogP contribution in [0.4, 0.5) is 10.1 Å². The van der Waals surface area contributed by atoms with Crippen LogP contribution in [0, 0.1) is 11.7 Å². The molecule has 1 N–H and O–H groups in total. The summed E-state index contributed by atoms with van der Waals surface area (Å²) in [5.41, 5.74) is 0.883. The monoisotopic (exact) mass is 294 g/mol. The third-order valence-electron chi connectivity index (χ3n) is 4.34. The van der Waals surface area contributed by atoms with Crippen LogP contribution >= 0.6 is 0 Å². The van der Waals surface area contributed by atoms with Crippen molar-refractivity contribution >= 4 is 11.7 Å². The second-order valence-electron chi connectivity index (χ2n) is 5.93. The predicted molar refractivity (Wildman–Crippen MR) is 81.0 cm³/mol. The lowest BCUT2D eigenvalue weighted by atomic mass is 9.89. The first-order valence-corrected chi connectivity index (χ1v) is 7.27. The van der Waals surface area contributed by atoms with E-state index < -0.39 is 5.97 Å². The van der Waals surface area contributed by atoms with Crippen molar-refractivity contribution in [1.82, 2.24) is 4.90 Å². The maximum atomic E-state index is 13.5. The number of nitrogens with one attached hydrogen (secondary N) is 1. The quantitative estimate of drug-likeness (QED) is 0.870. The van der Waals surface area contributed by atoms with Crippen molar-refractivity contribution in [3.8, 4) is 0 Å². The van der Waals surface area contributed by atoms with Gasteiger partial charge in [0.25, 0.3) is 0 Å². The van der Waals surface area contributed by atoms with E-state index in [9.17, 15) is 9.18 Å². The Morgan fingerprint density at radius 2 is 2.14 bits per heavy atom.